The molecule has 0 spiro atoms. The monoisotopic (exact) mass is 256 g/mol. The van der Waals surface area contributed by atoms with Gasteiger partial charge in [-0.2, -0.15) is 0 Å². The first-order chi connectivity index (χ1) is 8.68. The van der Waals surface area contributed by atoms with Crippen molar-refractivity contribution < 1.29 is 9.59 Å². The molecule has 6 nitrogen and oxygen atoms in total. The minimum absolute atomic E-state index is 0.0789. The maximum atomic E-state index is 11.5. The molecule has 0 saturated heterocycles. The number of urea groups is 2. The molecule has 1 saturated carbocycles. The van der Waals surface area contributed by atoms with Crippen LogP contribution in [0.1, 0.15) is 44.9 Å². The fraction of sp³-hybridized carbons (Fsp3) is 0.833. The number of hydrogen-bond acceptors (Lipinski definition) is 2. The number of unbranched alkanes of at least 4 members (excludes halogenated alkanes) is 1. The Morgan fingerprint density at radius 1 is 1.00 bits per heavy atom. The number of nitrogens with one attached hydrogen (secondary N) is 3. The van der Waals surface area contributed by atoms with E-state index in [9.17, 15) is 9.59 Å². The summed E-state index contributed by atoms with van der Waals surface area (Å²) in [7, 11) is 0. The van der Waals surface area contributed by atoms with Crippen molar-refractivity contribution in [1.29, 1.82) is 0 Å². The highest BCUT2D eigenvalue weighted by atomic mass is 16.2. The summed E-state index contributed by atoms with van der Waals surface area (Å²) in [5.41, 5.74) is 4.93. The van der Waals surface area contributed by atoms with E-state index in [1.165, 1.54) is 19.3 Å². The molecular weight excluding hydrogens is 232 g/mol. The van der Waals surface area contributed by atoms with E-state index in [0.717, 1.165) is 25.7 Å². The second-order valence-corrected chi connectivity index (χ2v) is 4.73. The Balaban J connectivity index is 1.94. The van der Waals surface area contributed by atoms with Crippen LogP contribution in [0.5, 0.6) is 0 Å². The molecular formula is C12H24N4O2. The molecule has 1 rings (SSSR count). The second kappa shape index (κ2) is 8.60. The Hall–Kier alpha value is -1.46. The zero-order valence-corrected chi connectivity index (χ0v) is 10.8. The topological polar surface area (TPSA) is 96.2 Å². The van der Waals surface area contributed by atoms with Crippen molar-refractivity contribution in [2.75, 3.05) is 13.1 Å². The van der Waals surface area contributed by atoms with Crippen molar-refractivity contribution in [1.82, 2.24) is 16.0 Å². The molecule has 0 aromatic heterocycles. The van der Waals surface area contributed by atoms with Crippen LogP contribution in [0, 0.1) is 0 Å². The van der Waals surface area contributed by atoms with E-state index in [1.54, 1.807) is 0 Å². The van der Waals surface area contributed by atoms with Gasteiger partial charge in [0.05, 0.1) is 0 Å². The molecule has 0 heterocycles. The van der Waals surface area contributed by atoms with Crippen LogP contribution in [0.15, 0.2) is 0 Å². The van der Waals surface area contributed by atoms with Crippen LogP contribution in [-0.2, 0) is 0 Å². The van der Waals surface area contributed by atoms with Crippen molar-refractivity contribution in [3.63, 3.8) is 0 Å². The first-order valence-electron chi connectivity index (χ1n) is 6.76. The normalized spacial score (nSPS) is 16.0. The average molecular weight is 256 g/mol. The van der Waals surface area contributed by atoms with Gasteiger partial charge in [0.2, 0.25) is 0 Å². The van der Waals surface area contributed by atoms with Crippen LogP contribution in [-0.4, -0.2) is 31.2 Å². The Kier molecular flexibility index (Phi) is 6.98. The van der Waals surface area contributed by atoms with E-state index in [-0.39, 0.29) is 6.03 Å². The Labute approximate surface area is 108 Å². The molecule has 104 valence electrons. The third kappa shape index (κ3) is 6.98. The summed E-state index contributed by atoms with van der Waals surface area (Å²) in [6.45, 7) is 1.18. The van der Waals surface area contributed by atoms with E-state index < -0.39 is 6.03 Å². The van der Waals surface area contributed by atoms with Gasteiger partial charge in [0.15, 0.2) is 0 Å². The smallest absolute Gasteiger partial charge is 0.315 e. The predicted molar refractivity (Wildman–Crippen MR) is 70.2 cm³/mol. The van der Waals surface area contributed by atoms with Gasteiger partial charge >= 0.3 is 12.1 Å². The van der Waals surface area contributed by atoms with Gasteiger partial charge in [0, 0.05) is 19.1 Å². The molecule has 0 aliphatic heterocycles. The number of carbonyl (C=O) groups excluding carboxylic acids is 2. The van der Waals surface area contributed by atoms with Crippen LogP contribution in [0.3, 0.4) is 0 Å². The number of hydrogen-bond donors (Lipinski definition) is 4. The summed E-state index contributed by atoms with van der Waals surface area (Å²) in [5.74, 6) is 0. The van der Waals surface area contributed by atoms with Gasteiger partial charge in [-0.05, 0) is 25.7 Å². The molecule has 4 amide bonds. The fourth-order valence-corrected chi connectivity index (χ4v) is 2.15. The Morgan fingerprint density at radius 2 is 1.61 bits per heavy atom. The highest BCUT2D eigenvalue weighted by Gasteiger charge is 2.14. The van der Waals surface area contributed by atoms with Gasteiger partial charge in [0.1, 0.15) is 0 Å². The molecule has 0 unspecified atom stereocenters. The third-order valence-corrected chi connectivity index (χ3v) is 3.13. The molecule has 0 aromatic carbocycles. The van der Waals surface area contributed by atoms with Crippen molar-refractivity contribution in [3.8, 4) is 0 Å². The lowest BCUT2D eigenvalue weighted by molar-refractivity contribution is 0.232. The van der Waals surface area contributed by atoms with Gasteiger partial charge in [0.25, 0.3) is 0 Å². The molecule has 1 aliphatic carbocycles. The summed E-state index contributed by atoms with van der Waals surface area (Å²) in [6.07, 6.45) is 7.54. The molecule has 1 fully saturated rings. The van der Waals surface area contributed by atoms with Crippen molar-refractivity contribution >= 4 is 12.1 Å². The van der Waals surface area contributed by atoms with Gasteiger partial charge < -0.3 is 21.7 Å². The number of amides is 4. The fourth-order valence-electron chi connectivity index (χ4n) is 2.15. The Bertz CT molecular complexity index is 265. The summed E-state index contributed by atoms with van der Waals surface area (Å²) < 4.78 is 0. The van der Waals surface area contributed by atoms with Crippen LogP contribution in [0.25, 0.3) is 0 Å². The molecule has 0 bridgehead atoms. The molecule has 0 atom stereocenters. The number of nitrogens with two attached hydrogens (primary N) is 1. The third-order valence-electron chi connectivity index (χ3n) is 3.13. The van der Waals surface area contributed by atoms with Gasteiger partial charge in [-0.25, -0.2) is 9.59 Å². The highest BCUT2D eigenvalue weighted by Crippen LogP contribution is 2.16. The maximum absolute atomic E-state index is 11.5. The molecule has 5 N–H and O–H groups in total. The molecule has 0 radical (unpaired) electrons. The highest BCUT2D eigenvalue weighted by molar-refractivity contribution is 5.74. The summed E-state index contributed by atoms with van der Waals surface area (Å²) in [6, 6.07) is -0.238. The molecule has 1 aliphatic rings. The molecule has 0 aromatic rings. The lowest BCUT2D eigenvalue weighted by Crippen LogP contribution is -2.43. The van der Waals surface area contributed by atoms with Gasteiger partial charge in [-0.1, -0.05) is 19.3 Å². The van der Waals surface area contributed by atoms with Crippen LogP contribution >= 0.6 is 0 Å². The first kappa shape index (κ1) is 14.6. The standard InChI is InChI=1S/C12H24N4O2/c13-11(17)14-8-4-5-9-15-12(18)16-10-6-2-1-3-7-10/h10H,1-9H2,(H3,13,14,17)(H2,15,16,18). The number of primary amides is 1. The molecule has 18 heavy (non-hydrogen) atoms. The van der Waals surface area contributed by atoms with E-state index in [4.69, 9.17) is 5.73 Å². The van der Waals surface area contributed by atoms with Crippen LogP contribution < -0.4 is 21.7 Å². The van der Waals surface area contributed by atoms with E-state index in [0.29, 0.717) is 19.1 Å². The lowest BCUT2D eigenvalue weighted by Gasteiger charge is -2.22. The largest absolute Gasteiger partial charge is 0.352 e. The predicted octanol–water partition coefficient (Wildman–Crippen LogP) is 1.07. The van der Waals surface area contributed by atoms with Crippen molar-refractivity contribution in [2.45, 2.75) is 51.0 Å². The van der Waals surface area contributed by atoms with Crippen molar-refractivity contribution in [3.05, 3.63) is 0 Å². The van der Waals surface area contributed by atoms with E-state index in [2.05, 4.69) is 16.0 Å². The van der Waals surface area contributed by atoms with Crippen molar-refractivity contribution in [2.24, 2.45) is 5.73 Å². The van der Waals surface area contributed by atoms with E-state index in [1.807, 2.05) is 0 Å². The number of carbonyl (C=O) groups is 2. The summed E-state index contributed by atoms with van der Waals surface area (Å²) in [5, 5.41) is 8.32. The zero-order chi connectivity index (χ0) is 13.2. The quantitative estimate of drug-likeness (QED) is 0.535. The van der Waals surface area contributed by atoms with Crippen LogP contribution in [0.2, 0.25) is 0 Å². The number of rotatable bonds is 6. The average Bonchev–Trinajstić information content (AvgIpc) is 2.34. The Morgan fingerprint density at radius 3 is 2.22 bits per heavy atom. The zero-order valence-electron chi connectivity index (χ0n) is 10.8. The lowest BCUT2D eigenvalue weighted by atomic mass is 9.96. The minimum Gasteiger partial charge on any atom is -0.352 e. The first-order valence-corrected chi connectivity index (χ1v) is 6.76. The van der Waals surface area contributed by atoms with E-state index >= 15 is 0 Å². The summed E-state index contributed by atoms with van der Waals surface area (Å²) >= 11 is 0. The van der Waals surface area contributed by atoms with Gasteiger partial charge in [-0.3, -0.25) is 0 Å². The van der Waals surface area contributed by atoms with Crippen LogP contribution in [0.4, 0.5) is 9.59 Å². The maximum Gasteiger partial charge on any atom is 0.315 e. The van der Waals surface area contributed by atoms with Gasteiger partial charge in [-0.15, -0.1) is 0 Å². The second-order valence-electron chi connectivity index (χ2n) is 4.73. The minimum atomic E-state index is -0.502. The SMILES string of the molecule is NC(=O)NCCCCNC(=O)NC1CCCCC1. The summed E-state index contributed by atoms with van der Waals surface area (Å²) in [4.78, 5) is 21.9. The molecule has 6 heteroatoms.